The van der Waals surface area contributed by atoms with E-state index in [0.29, 0.717) is 12.5 Å². The predicted molar refractivity (Wildman–Crippen MR) is 93.4 cm³/mol. The number of hydrogen-bond acceptors (Lipinski definition) is 5. The van der Waals surface area contributed by atoms with Crippen molar-refractivity contribution in [2.75, 3.05) is 20.2 Å². The average molecular weight is 339 g/mol. The number of esters is 1. The summed E-state index contributed by atoms with van der Waals surface area (Å²) in [7, 11) is 1.35. The van der Waals surface area contributed by atoms with Crippen LogP contribution in [0.25, 0.3) is 11.0 Å². The maximum absolute atomic E-state index is 11.5. The second-order valence-electron chi connectivity index (χ2n) is 6.45. The van der Waals surface area contributed by atoms with E-state index in [-0.39, 0.29) is 5.76 Å². The van der Waals surface area contributed by atoms with Crippen molar-refractivity contribution < 1.29 is 13.9 Å². The lowest BCUT2D eigenvalue weighted by molar-refractivity contribution is 0.0560. The van der Waals surface area contributed by atoms with Crippen molar-refractivity contribution in [3.63, 3.8) is 0 Å². The number of hydrogen-bond donors (Lipinski definition) is 1. The van der Waals surface area contributed by atoms with Gasteiger partial charge >= 0.3 is 5.97 Å². The molecule has 0 atom stereocenters. The summed E-state index contributed by atoms with van der Waals surface area (Å²) in [4.78, 5) is 22.0. The Morgan fingerprint density at radius 3 is 2.84 bits per heavy atom. The van der Waals surface area contributed by atoms with E-state index >= 15 is 0 Å². The molecule has 0 amide bonds. The molecule has 4 rings (SSSR count). The van der Waals surface area contributed by atoms with Crippen LogP contribution in [-0.2, 0) is 11.3 Å². The minimum Gasteiger partial charge on any atom is -0.463 e. The molecule has 1 aliphatic heterocycles. The molecule has 1 N–H and O–H groups in total. The summed E-state index contributed by atoms with van der Waals surface area (Å²) in [6.07, 6.45) is 2.12. The molecule has 6 heteroatoms. The zero-order valence-corrected chi connectivity index (χ0v) is 14.2. The van der Waals surface area contributed by atoms with Gasteiger partial charge in [-0.15, -0.1) is 0 Å². The molecule has 130 valence electrons. The first kappa shape index (κ1) is 15.9. The lowest BCUT2D eigenvalue weighted by Crippen LogP contribution is -2.32. The summed E-state index contributed by atoms with van der Waals surface area (Å²) in [5, 5.41) is 0. The minimum atomic E-state index is -0.435. The normalized spacial score (nSPS) is 16.4. The number of nitrogens with one attached hydrogen (secondary N) is 1. The molecule has 0 saturated carbocycles. The van der Waals surface area contributed by atoms with Crippen molar-refractivity contribution in [2.45, 2.75) is 25.3 Å². The lowest BCUT2D eigenvalue weighted by Gasteiger charge is -2.30. The molecule has 1 fully saturated rings. The highest BCUT2D eigenvalue weighted by molar-refractivity contribution is 5.86. The topological polar surface area (TPSA) is 71.4 Å². The largest absolute Gasteiger partial charge is 0.463 e. The first-order valence-corrected chi connectivity index (χ1v) is 8.57. The molecule has 1 aliphatic rings. The number of carbonyl (C=O) groups is 1. The Hall–Kier alpha value is -2.60. The number of carbonyl (C=O) groups excluding carboxylic acids is 1. The van der Waals surface area contributed by atoms with Gasteiger partial charge in [-0.05, 0) is 50.2 Å². The number of likely N-dealkylation sites (tertiary alicyclic amines) is 1. The summed E-state index contributed by atoms with van der Waals surface area (Å²) in [6.45, 7) is 2.68. The van der Waals surface area contributed by atoms with E-state index in [1.807, 2.05) is 24.3 Å². The fourth-order valence-corrected chi connectivity index (χ4v) is 3.42. The number of fused-ring (bicyclic) bond motifs is 1. The third kappa shape index (κ3) is 3.30. The molecule has 0 bridgehead atoms. The number of furan rings is 1. The van der Waals surface area contributed by atoms with Gasteiger partial charge in [-0.1, -0.05) is 12.1 Å². The van der Waals surface area contributed by atoms with E-state index in [1.54, 1.807) is 6.07 Å². The van der Waals surface area contributed by atoms with Gasteiger partial charge in [0.1, 0.15) is 11.6 Å². The SMILES string of the molecule is COC(=O)c1ccc(CN2CCC(c3nc4ccccc4[nH]3)CC2)o1. The van der Waals surface area contributed by atoms with E-state index in [1.165, 1.54) is 7.11 Å². The molecule has 1 aromatic carbocycles. The Labute approximate surface area is 145 Å². The highest BCUT2D eigenvalue weighted by Crippen LogP contribution is 2.28. The minimum absolute atomic E-state index is 0.259. The van der Waals surface area contributed by atoms with Crippen LogP contribution in [0.5, 0.6) is 0 Å². The average Bonchev–Trinajstić information content (AvgIpc) is 3.28. The molecule has 0 unspecified atom stereocenters. The fourth-order valence-electron chi connectivity index (χ4n) is 3.42. The van der Waals surface area contributed by atoms with Gasteiger partial charge in [0.2, 0.25) is 5.76 Å². The number of methoxy groups -OCH3 is 1. The van der Waals surface area contributed by atoms with Gasteiger partial charge < -0.3 is 14.1 Å². The number of aromatic nitrogens is 2. The van der Waals surface area contributed by atoms with Crippen LogP contribution in [-0.4, -0.2) is 41.0 Å². The predicted octanol–water partition coefficient (Wildman–Crippen LogP) is 3.32. The molecule has 0 radical (unpaired) electrons. The van der Waals surface area contributed by atoms with Gasteiger partial charge in [-0.3, -0.25) is 4.90 Å². The van der Waals surface area contributed by atoms with Crippen molar-refractivity contribution in [3.05, 3.63) is 53.7 Å². The number of ether oxygens (including phenoxy) is 1. The molecular weight excluding hydrogens is 318 g/mol. The Balaban J connectivity index is 1.36. The molecule has 2 aromatic heterocycles. The molecule has 6 nitrogen and oxygen atoms in total. The van der Waals surface area contributed by atoms with Crippen LogP contribution in [0.4, 0.5) is 0 Å². The van der Waals surface area contributed by atoms with E-state index in [2.05, 4.69) is 20.7 Å². The van der Waals surface area contributed by atoms with Crippen LogP contribution in [0, 0.1) is 0 Å². The van der Waals surface area contributed by atoms with Gasteiger partial charge in [0.25, 0.3) is 0 Å². The highest BCUT2D eigenvalue weighted by Gasteiger charge is 2.24. The monoisotopic (exact) mass is 339 g/mol. The summed E-state index contributed by atoms with van der Waals surface area (Å²) in [6, 6.07) is 11.7. The molecular formula is C19H21N3O3. The Kier molecular flexibility index (Phi) is 4.28. The van der Waals surface area contributed by atoms with Crippen LogP contribution < -0.4 is 0 Å². The van der Waals surface area contributed by atoms with Gasteiger partial charge in [-0.25, -0.2) is 9.78 Å². The standard InChI is InChI=1S/C19H21N3O3/c1-24-19(23)17-7-6-14(25-17)12-22-10-8-13(9-11-22)18-20-15-4-2-3-5-16(15)21-18/h2-7,13H,8-12H2,1H3,(H,20,21). The zero-order chi connectivity index (χ0) is 17.2. The van der Waals surface area contributed by atoms with Crippen molar-refractivity contribution in [2.24, 2.45) is 0 Å². The number of H-pyrrole nitrogens is 1. The van der Waals surface area contributed by atoms with Crippen LogP contribution in [0.2, 0.25) is 0 Å². The molecule has 3 aromatic rings. The molecule has 25 heavy (non-hydrogen) atoms. The number of imidazole rings is 1. The highest BCUT2D eigenvalue weighted by atomic mass is 16.5. The summed E-state index contributed by atoms with van der Waals surface area (Å²) in [5.74, 6) is 2.17. The number of piperidine rings is 1. The summed E-state index contributed by atoms with van der Waals surface area (Å²) >= 11 is 0. The lowest BCUT2D eigenvalue weighted by atomic mass is 9.96. The van der Waals surface area contributed by atoms with Crippen LogP contribution in [0.1, 0.15) is 40.9 Å². The maximum Gasteiger partial charge on any atom is 0.373 e. The number of para-hydroxylation sites is 2. The first-order valence-electron chi connectivity index (χ1n) is 8.57. The Morgan fingerprint density at radius 2 is 2.08 bits per heavy atom. The van der Waals surface area contributed by atoms with Gasteiger partial charge in [0.15, 0.2) is 0 Å². The van der Waals surface area contributed by atoms with E-state index in [9.17, 15) is 4.79 Å². The van der Waals surface area contributed by atoms with Crippen molar-refractivity contribution in [1.29, 1.82) is 0 Å². The molecule has 3 heterocycles. The van der Waals surface area contributed by atoms with Crippen LogP contribution in [0.15, 0.2) is 40.8 Å². The fraction of sp³-hybridized carbons (Fsp3) is 0.368. The van der Waals surface area contributed by atoms with Crippen molar-refractivity contribution in [1.82, 2.24) is 14.9 Å². The van der Waals surface area contributed by atoms with Crippen LogP contribution in [0.3, 0.4) is 0 Å². The number of nitrogens with zero attached hydrogens (tertiary/aromatic N) is 2. The first-order chi connectivity index (χ1) is 12.2. The van der Waals surface area contributed by atoms with Crippen LogP contribution >= 0.6 is 0 Å². The Morgan fingerprint density at radius 1 is 1.28 bits per heavy atom. The maximum atomic E-state index is 11.5. The third-order valence-corrected chi connectivity index (χ3v) is 4.81. The quantitative estimate of drug-likeness (QED) is 0.738. The second kappa shape index (κ2) is 6.72. The van der Waals surface area contributed by atoms with Gasteiger partial charge in [0.05, 0.1) is 24.7 Å². The van der Waals surface area contributed by atoms with Gasteiger partial charge in [0, 0.05) is 5.92 Å². The number of rotatable bonds is 4. The van der Waals surface area contributed by atoms with E-state index < -0.39 is 5.97 Å². The Bertz CT molecular complexity index is 842. The number of benzene rings is 1. The summed E-state index contributed by atoms with van der Waals surface area (Å²) < 4.78 is 10.2. The third-order valence-electron chi connectivity index (χ3n) is 4.81. The molecule has 0 spiro atoms. The zero-order valence-electron chi connectivity index (χ0n) is 14.2. The van der Waals surface area contributed by atoms with Crippen molar-refractivity contribution in [3.8, 4) is 0 Å². The van der Waals surface area contributed by atoms with Crippen molar-refractivity contribution >= 4 is 17.0 Å². The number of aromatic amines is 1. The smallest absolute Gasteiger partial charge is 0.373 e. The molecule has 0 aliphatic carbocycles. The summed E-state index contributed by atoms with van der Waals surface area (Å²) in [5.41, 5.74) is 2.14. The second-order valence-corrected chi connectivity index (χ2v) is 6.45. The van der Waals surface area contributed by atoms with E-state index in [4.69, 9.17) is 9.40 Å². The van der Waals surface area contributed by atoms with Gasteiger partial charge in [-0.2, -0.15) is 0 Å². The van der Waals surface area contributed by atoms with E-state index in [0.717, 1.165) is 48.5 Å². The molecule has 1 saturated heterocycles.